The third-order valence-electron chi connectivity index (χ3n) is 17.6. The predicted octanol–water partition coefficient (Wildman–Crippen LogP) is 19.3. The number of halogens is 1. The fraction of sp³-hybridized carbons (Fsp3) is 0. The molecule has 0 bridgehead atoms. The van der Waals surface area contributed by atoms with Gasteiger partial charge < -0.3 is 18.6 Å². The normalized spacial score (nSPS) is 12.7. The summed E-state index contributed by atoms with van der Waals surface area (Å²) >= 11 is 11.2. The minimum atomic E-state index is 0.116. The monoisotopic (exact) mass is 1160 g/mol. The molecule has 0 spiro atoms. The number of aromatic nitrogens is 4. The zero-order valence-electron chi connectivity index (χ0n) is 45.5. The second kappa shape index (κ2) is 18.3. The Labute approximate surface area is 503 Å². The zero-order valence-corrected chi connectivity index (χ0v) is 47.9. The Kier molecular flexibility index (Phi) is 10.2. The van der Waals surface area contributed by atoms with E-state index in [1.54, 1.807) is 11.3 Å². The minimum absolute atomic E-state index is 0.116. The van der Waals surface area contributed by atoms with Crippen LogP contribution in [-0.2, 0) is 0 Å². The first-order valence-corrected chi connectivity index (χ1v) is 30.7. The van der Waals surface area contributed by atoms with Crippen LogP contribution in [0.3, 0.4) is 0 Å². The Bertz CT molecular complexity index is 5840. The maximum atomic E-state index is 7.53. The number of thiophene rings is 2. The van der Waals surface area contributed by atoms with Crippen LogP contribution in [0.25, 0.3) is 119 Å². The molecule has 402 valence electrons. The molecule has 2 aliphatic rings. The van der Waals surface area contributed by atoms with Gasteiger partial charge in [0, 0.05) is 97.2 Å². The molecule has 8 aromatic heterocycles. The number of anilines is 6. The molecule has 2 aliphatic heterocycles. The van der Waals surface area contributed by atoms with Crippen molar-refractivity contribution in [3.05, 3.63) is 259 Å². The van der Waals surface area contributed by atoms with Crippen LogP contribution in [0.1, 0.15) is 0 Å². The Hall–Kier alpha value is -10.4. The number of hydrogen-bond donors (Lipinski definition) is 0. The maximum Gasteiger partial charge on any atom is 0.264 e. The Balaban J connectivity index is 0.000000126. The summed E-state index contributed by atoms with van der Waals surface area (Å²) < 4.78 is 21.6. The molecule has 0 unspecified atom stereocenters. The first kappa shape index (κ1) is 48.0. The Morgan fingerprint density at radius 1 is 0.419 bits per heavy atom. The van der Waals surface area contributed by atoms with Crippen molar-refractivity contribution in [3.63, 3.8) is 0 Å². The van der Waals surface area contributed by atoms with E-state index in [1.165, 1.54) is 63.8 Å². The van der Waals surface area contributed by atoms with Gasteiger partial charge >= 0.3 is 0 Å². The van der Waals surface area contributed by atoms with Crippen LogP contribution < -0.4 is 25.5 Å². The quantitative estimate of drug-likeness (QED) is 0.160. The molecule has 8 nitrogen and oxygen atoms in total. The molecule has 0 fully saturated rings. The number of pyridine rings is 2. The van der Waals surface area contributed by atoms with Crippen molar-refractivity contribution < 1.29 is 8.83 Å². The molecule has 0 aliphatic carbocycles. The lowest BCUT2D eigenvalue weighted by molar-refractivity contribution is 0.669. The second-order valence-corrected chi connectivity index (χ2v) is 24.4. The van der Waals surface area contributed by atoms with E-state index >= 15 is 0 Å². The molecule has 10 heterocycles. The van der Waals surface area contributed by atoms with Gasteiger partial charge in [-0.05, 0) is 102 Å². The molecule has 10 aromatic carbocycles. The number of hydrogen-bond acceptors (Lipinski definition) is 8. The molecule has 0 radical (unpaired) electrons. The highest BCUT2D eigenvalue weighted by molar-refractivity contribution is 7.33. The largest absolute Gasteiger partial charge is 0.454 e. The molecular formula is C74H42BClN6O2S2. The summed E-state index contributed by atoms with van der Waals surface area (Å²) in [6.07, 6.45) is 3.74. The SMILES string of the molecule is Clc1c(N(c2csc3ccccc23)c2cccc3c2oc2ccccc23)cccc1-n1c2ccccc2c2cccnc21.c1cc2c3c(c1)-n1c4ncccc4c4cccc(c41)B3c1sc3ccccc3c1N2c1cccc2c1oc1ccccc12. The Morgan fingerprint density at radius 3 is 1.79 bits per heavy atom. The summed E-state index contributed by atoms with van der Waals surface area (Å²) in [5.41, 5.74) is 18.7. The van der Waals surface area contributed by atoms with E-state index in [4.69, 9.17) is 30.4 Å². The smallest absolute Gasteiger partial charge is 0.264 e. The van der Waals surface area contributed by atoms with E-state index in [2.05, 4.69) is 225 Å². The van der Waals surface area contributed by atoms with E-state index in [0.717, 1.165) is 105 Å². The first-order valence-electron chi connectivity index (χ1n) is 28.7. The summed E-state index contributed by atoms with van der Waals surface area (Å²) in [7, 11) is 0. The molecule has 0 N–H and O–H groups in total. The molecule has 86 heavy (non-hydrogen) atoms. The van der Waals surface area contributed by atoms with Gasteiger partial charge in [-0.2, -0.15) is 0 Å². The van der Waals surface area contributed by atoms with Crippen molar-refractivity contribution >= 4 is 199 Å². The minimum Gasteiger partial charge on any atom is -0.454 e. The average Bonchev–Trinajstić information content (AvgIpc) is 1.46. The van der Waals surface area contributed by atoms with E-state index in [1.807, 2.05) is 60.1 Å². The molecular weight excluding hydrogens is 1120 g/mol. The number of rotatable bonds is 5. The summed E-state index contributed by atoms with van der Waals surface area (Å²) in [6.45, 7) is 0.116. The fourth-order valence-corrected chi connectivity index (χ4v) is 16.7. The number of fused-ring (bicyclic) bond motifs is 19. The molecule has 0 atom stereocenters. The highest BCUT2D eigenvalue weighted by atomic mass is 35.5. The number of nitrogens with zero attached hydrogens (tertiary/aromatic N) is 6. The lowest BCUT2D eigenvalue weighted by Crippen LogP contribution is -2.59. The number of benzene rings is 10. The molecule has 18 aromatic rings. The maximum absolute atomic E-state index is 7.53. The van der Waals surface area contributed by atoms with Crippen molar-refractivity contribution in [3.8, 4) is 11.4 Å². The van der Waals surface area contributed by atoms with E-state index in [0.29, 0.717) is 5.02 Å². The van der Waals surface area contributed by atoms with Crippen molar-refractivity contribution in [1.82, 2.24) is 19.1 Å². The summed E-state index contributed by atoms with van der Waals surface area (Å²) in [5, 5.41) is 14.4. The highest BCUT2D eigenvalue weighted by Gasteiger charge is 2.44. The summed E-state index contributed by atoms with van der Waals surface area (Å²) in [6, 6.07) is 83.2. The molecule has 0 amide bonds. The van der Waals surface area contributed by atoms with Crippen molar-refractivity contribution in [2.45, 2.75) is 0 Å². The van der Waals surface area contributed by atoms with Crippen LogP contribution in [0.15, 0.2) is 263 Å². The predicted molar refractivity (Wildman–Crippen MR) is 362 cm³/mol. The first-order chi connectivity index (χ1) is 42.6. The van der Waals surface area contributed by atoms with Crippen LogP contribution >= 0.6 is 34.3 Å². The van der Waals surface area contributed by atoms with Crippen LogP contribution in [0.5, 0.6) is 0 Å². The summed E-state index contributed by atoms with van der Waals surface area (Å²) in [4.78, 5) is 14.4. The van der Waals surface area contributed by atoms with E-state index in [9.17, 15) is 0 Å². The zero-order chi connectivity index (χ0) is 56.3. The van der Waals surface area contributed by atoms with Gasteiger partial charge in [-0.1, -0.05) is 157 Å². The van der Waals surface area contributed by atoms with Crippen LogP contribution in [-0.4, -0.2) is 25.8 Å². The lowest BCUT2D eigenvalue weighted by atomic mass is 9.36. The molecule has 20 rings (SSSR count). The highest BCUT2D eigenvalue weighted by Crippen LogP contribution is 2.51. The van der Waals surface area contributed by atoms with Crippen molar-refractivity contribution in [2.24, 2.45) is 0 Å². The van der Waals surface area contributed by atoms with Crippen molar-refractivity contribution in [2.75, 3.05) is 9.80 Å². The van der Waals surface area contributed by atoms with Crippen LogP contribution in [0, 0.1) is 0 Å². The van der Waals surface area contributed by atoms with Gasteiger partial charge in [0.05, 0.1) is 50.2 Å². The van der Waals surface area contributed by atoms with Gasteiger partial charge in [-0.15, -0.1) is 22.7 Å². The van der Waals surface area contributed by atoms with Crippen LogP contribution in [0.4, 0.5) is 34.1 Å². The van der Waals surface area contributed by atoms with E-state index in [-0.39, 0.29) is 6.71 Å². The molecule has 12 heteroatoms. The third kappa shape index (κ3) is 6.64. The molecule has 0 saturated carbocycles. The van der Waals surface area contributed by atoms with Gasteiger partial charge in [0.1, 0.15) is 22.5 Å². The standard InChI is InChI=1S/C37H20BN3OS.C37H22ClN3OS/c1-3-18-30-21(9-1)23-12-6-17-29(35(23)42-30)40-27-15-7-16-28-32(27)38(36-34(40)25-10-2-4-19-31(25)43-36)26-14-5-11-22-24-13-8-20-39-37(24)41(28)33(22)26;38-35-29(16-8-17-30(35)41-28-15-4-1-10-23(28)26-14-9-21-39-37(26)41)40(32-22-43-34-20-6-3-12-27(32)34)31-18-7-13-25-24-11-2-5-19-33(24)42-36(25)31/h1-20H;1-22H. The third-order valence-corrected chi connectivity index (χ3v) is 20.2. The molecule has 0 saturated heterocycles. The van der Waals surface area contributed by atoms with Gasteiger partial charge in [0.25, 0.3) is 6.71 Å². The van der Waals surface area contributed by atoms with Crippen molar-refractivity contribution in [1.29, 1.82) is 0 Å². The second-order valence-electron chi connectivity index (χ2n) is 22.0. The fourth-order valence-electron chi connectivity index (χ4n) is 14.1. The van der Waals surface area contributed by atoms with Crippen LogP contribution in [0.2, 0.25) is 5.02 Å². The van der Waals surface area contributed by atoms with Gasteiger partial charge in [-0.3, -0.25) is 9.13 Å². The van der Waals surface area contributed by atoms with Gasteiger partial charge in [0.2, 0.25) is 0 Å². The van der Waals surface area contributed by atoms with Gasteiger partial charge in [-0.25, -0.2) is 9.97 Å². The average molecular weight is 1160 g/mol. The topological polar surface area (TPSA) is 68.4 Å². The lowest BCUT2D eigenvalue weighted by Gasteiger charge is -2.38. The van der Waals surface area contributed by atoms with E-state index < -0.39 is 0 Å². The Morgan fingerprint density at radius 2 is 0.977 bits per heavy atom. The number of para-hydroxylation sites is 6. The summed E-state index contributed by atoms with van der Waals surface area (Å²) in [5.74, 6) is 0. The number of furan rings is 2. The van der Waals surface area contributed by atoms with Gasteiger partial charge in [0.15, 0.2) is 11.2 Å².